The number of aryl methyl sites for hydroxylation is 1. The molecule has 1 aromatic heterocycles. The molecule has 28 heavy (non-hydrogen) atoms. The summed E-state index contributed by atoms with van der Waals surface area (Å²) in [5, 5.41) is 2.89. The van der Waals surface area contributed by atoms with E-state index in [2.05, 4.69) is 10.3 Å². The lowest BCUT2D eigenvalue weighted by Crippen LogP contribution is -2.20. The van der Waals surface area contributed by atoms with E-state index in [0.29, 0.717) is 40.0 Å². The number of para-hydroxylation sites is 2. The van der Waals surface area contributed by atoms with Gasteiger partial charge < -0.3 is 19.4 Å². The van der Waals surface area contributed by atoms with Crippen LogP contribution in [0.1, 0.15) is 5.56 Å². The van der Waals surface area contributed by atoms with Gasteiger partial charge in [-0.3, -0.25) is 4.79 Å². The second-order valence-electron chi connectivity index (χ2n) is 5.92. The van der Waals surface area contributed by atoms with E-state index in [4.69, 9.17) is 9.47 Å². The first-order valence-electron chi connectivity index (χ1n) is 8.35. The largest absolute Gasteiger partial charge is 0.493 e. The molecule has 1 N–H and O–H groups in total. The van der Waals surface area contributed by atoms with Crippen molar-refractivity contribution < 1.29 is 23.0 Å². The summed E-state index contributed by atoms with van der Waals surface area (Å²) >= 11 is 0.315. The molecule has 0 radical (unpaired) electrons. The number of anilines is 1. The number of rotatable bonds is 7. The van der Waals surface area contributed by atoms with E-state index < -0.39 is 5.76 Å². The summed E-state index contributed by atoms with van der Waals surface area (Å²) < 4.78 is 37.8. The van der Waals surface area contributed by atoms with Crippen molar-refractivity contribution in [2.45, 2.75) is 24.4 Å². The third-order valence-corrected chi connectivity index (χ3v) is 4.82. The van der Waals surface area contributed by atoms with Crippen LogP contribution in [-0.2, 0) is 11.3 Å². The van der Waals surface area contributed by atoms with E-state index in [1.165, 1.54) is 18.8 Å². The van der Waals surface area contributed by atoms with Gasteiger partial charge in [-0.25, -0.2) is 4.98 Å². The Bertz CT molecular complexity index is 1010. The SMILES string of the molecule is COc1cc(C)c(NC(=O)Cn2c(SC(F)F)nc3ccccc32)cc1OC. The molecule has 1 amide bonds. The maximum Gasteiger partial charge on any atom is 0.291 e. The van der Waals surface area contributed by atoms with Crippen molar-refractivity contribution in [1.29, 1.82) is 0 Å². The van der Waals surface area contributed by atoms with Gasteiger partial charge in [0.15, 0.2) is 16.7 Å². The summed E-state index contributed by atoms with van der Waals surface area (Å²) in [6.07, 6.45) is 0. The standard InChI is InChI=1S/C19H19F2N3O3S/c1-11-8-15(26-2)16(27-3)9-13(11)22-17(25)10-24-14-7-5-4-6-12(14)23-19(24)28-18(20)21/h4-9,18H,10H2,1-3H3,(H,22,25). The van der Waals surface area contributed by atoms with Crippen molar-refractivity contribution in [2.75, 3.05) is 19.5 Å². The van der Waals surface area contributed by atoms with Crippen LogP contribution in [0.3, 0.4) is 0 Å². The second kappa shape index (κ2) is 8.47. The summed E-state index contributed by atoms with van der Waals surface area (Å²) in [6.45, 7) is 1.67. The molecule has 0 unspecified atom stereocenters. The smallest absolute Gasteiger partial charge is 0.291 e. The number of amides is 1. The summed E-state index contributed by atoms with van der Waals surface area (Å²) in [6, 6.07) is 10.4. The van der Waals surface area contributed by atoms with Crippen molar-refractivity contribution in [3.8, 4) is 11.5 Å². The highest BCUT2D eigenvalue weighted by Gasteiger charge is 2.18. The number of nitrogens with one attached hydrogen (secondary N) is 1. The molecule has 0 aliphatic heterocycles. The fourth-order valence-electron chi connectivity index (χ4n) is 2.82. The first kappa shape index (κ1) is 19.9. The Labute approximate surface area is 164 Å². The second-order valence-corrected chi connectivity index (χ2v) is 6.88. The molecular weight excluding hydrogens is 388 g/mol. The lowest BCUT2D eigenvalue weighted by molar-refractivity contribution is -0.116. The van der Waals surface area contributed by atoms with Gasteiger partial charge in [0.05, 0.1) is 25.3 Å². The molecule has 3 aromatic rings. The van der Waals surface area contributed by atoms with E-state index in [0.717, 1.165) is 5.56 Å². The molecule has 0 saturated heterocycles. The van der Waals surface area contributed by atoms with E-state index in [9.17, 15) is 13.6 Å². The fraction of sp³-hybridized carbons (Fsp3) is 0.263. The number of benzene rings is 2. The average molecular weight is 407 g/mol. The van der Waals surface area contributed by atoms with E-state index >= 15 is 0 Å². The first-order chi connectivity index (χ1) is 13.4. The van der Waals surface area contributed by atoms with Gasteiger partial charge in [-0.2, -0.15) is 8.78 Å². The molecule has 0 aliphatic carbocycles. The van der Waals surface area contributed by atoms with Gasteiger partial charge in [0, 0.05) is 11.8 Å². The highest BCUT2D eigenvalue weighted by Crippen LogP contribution is 2.33. The molecule has 6 nitrogen and oxygen atoms in total. The normalized spacial score (nSPS) is 11.1. The quantitative estimate of drug-likeness (QED) is 0.591. The zero-order chi connectivity index (χ0) is 20.3. The van der Waals surface area contributed by atoms with Crippen molar-refractivity contribution >= 4 is 34.4 Å². The van der Waals surface area contributed by atoms with Gasteiger partial charge in [0.2, 0.25) is 5.91 Å². The van der Waals surface area contributed by atoms with Crippen molar-refractivity contribution in [1.82, 2.24) is 9.55 Å². The molecule has 1 heterocycles. The van der Waals surface area contributed by atoms with Crippen molar-refractivity contribution in [3.63, 3.8) is 0 Å². The Morgan fingerprint density at radius 2 is 1.89 bits per heavy atom. The maximum atomic E-state index is 12.9. The number of carbonyl (C=O) groups is 1. The van der Waals surface area contributed by atoms with Crippen LogP contribution in [0.15, 0.2) is 41.6 Å². The van der Waals surface area contributed by atoms with Gasteiger partial charge in [0.25, 0.3) is 5.76 Å². The molecule has 3 rings (SSSR count). The number of hydrogen-bond donors (Lipinski definition) is 1. The molecule has 2 aromatic carbocycles. The Balaban J connectivity index is 1.88. The number of carbonyl (C=O) groups excluding carboxylic acids is 1. The minimum atomic E-state index is -2.63. The number of thioether (sulfide) groups is 1. The molecule has 0 saturated carbocycles. The summed E-state index contributed by atoms with van der Waals surface area (Å²) in [5.74, 6) is -1.97. The van der Waals surface area contributed by atoms with Gasteiger partial charge in [-0.15, -0.1) is 0 Å². The molecular formula is C19H19F2N3O3S. The van der Waals surface area contributed by atoms with Gasteiger partial charge in [0.1, 0.15) is 6.54 Å². The monoisotopic (exact) mass is 407 g/mol. The minimum absolute atomic E-state index is 0.0929. The lowest BCUT2D eigenvalue weighted by atomic mass is 10.1. The topological polar surface area (TPSA) is 65.4 Å². The average Bonchev–Trinajstić information content (AvgIpc) is 2.99. The number of methoxy groups -OCH3 is 2. The van der Waals surface area contributed by atoms with Crippen LogP contribution >= 0.6 is 11.8 Å². The van der Waals surface area contributed by atoms with Crippen LogP contribution in [0.25, 0.3) is 11.0 Å². The van der Waals surface area contributed by atoms with Crippen molar-refractivity contribution in [3.05, 3.63) is 42.0 Å². The number of aromatic nitrogens is 2. The number of imidazole rings is 1. The third-order valence-electron chi connectivity index (χ3n) is 4.12. The number of nitrogens with zero attached hydrogens (tertiary/aromatic N) is 2. The summed E-state index contributed by atoms with van der Waals surface area (Å²) in [7, 11) is 3.03. The van der Waals surface area contributed by atoms with E-state index in [1.807, 2.05) is 6.92 Å². The first-order valence-corrected chi connectivity index (χ1v) is 9.23. The zero-order valence-electron chi connectivity index (χ0n) is 15.5. The molecule has 0 fully saturated rings. The van der Waals surface area contributed by atoms with Crippen LogP contribution in [0.5, 0.6) is 11.5 Å². The van der Waals surface area contributed by atoms with E-state index in [1.54, 1.807) is 36.4 Å². The zero-order valence-corrected chi connectivity index (χ0v) is 16.3. The molecule has 9 heteroatoms. The number of halogens is 2. The maximum absolute atomic E-state index is 12.9. The summed E-state index contributed by atoms with van der Waals surface area (Å²) in [4.78, 5) is 16.8. The van der Waals surface area contributed by atoms with Gasteiger partial charge >= 0.3 is 0 Å². The highest BCUT2D eigenvalue weighted by molar-refractivity contribution is 7.99. The van der Waals surface area contributed by atoms with Gasteiger partial charge in [-0.05, 0) is 42.4 Å². The lowest BCUT2D eigenvalue weighted by Gasteiger charge is -2.14. The number of fused-ring (bicyclic) bond motifs is 1. The Hall–Kier alpha value is -2.81. The number of ether oxygens (including phenoxy) is 2. The summed E-state index contributed by atoms with van der Waals surface area (Å²) in [5.41, 5.74) is 2.50. The Morgan fingerprint density at radius 1 is 1.21 bits per heavy atom. The van der Waals surface area contributed by atoms with Gasteiger partial charge in [-0.1, -0.05) is 12.1 Å². The molecule has 148 valence electrons. The van der Waals surface area contributed by atoms with E-state index in [-0.39, 0.29) is 17.6 Å². The third kappa shape index (κ3) is 4.19. The van der Waals surface area contributed by atoms with Crippen LogP contribution in [0, 0.1) is 6.92 Å². The van der Waals surface area contributed by atoms with Crippen LogP contribution in [0.4, 0.5) is 14.5 Å². The predicted molar refractivity (Wildman–Crippen MR) is 105 cm³/mol. The predicted octanol–water partition coefficient (Wildman–Crippen LogP) is 4.32. The molecule has 0 spiro atoms. The Morgan fingerprint density at radius 3 is 2.57 bits per heavy atom. The molecule has 0 aliphatic rings. The van der Waals surface area contributed by atoms with Crippen LogP contribution < -0.4 is 14.8 Å². The van der Waals surface area contributed by atoms with Crippen molar-refractivity contribution in [2.24, 2.45) is 0 Å². The molecule has 0 atom stereocenters. The Kier molecular flexibility index (Phi) is 6.03. The number of alkyl halides is 2. The minimum Gasteiger partial charge on any atom is -0.493 e. The van der Waals surface area contributed by atoms with Crippen LogP contribution in [-0.4, -0.2) is 35.4 Å². The molecule has 0 bridgehead atoms. The highest BCUT2D eigenvalue weighted by atomic mass is 32.2. The van der Waals surface area contributed by atoms with Crippen LogP contribution in [0.2, 0.25) is 0 Å². The fourth-order valence-corrected chi connectivity index (χ4v) is 3.43. The number of hydrogen-bond acceptors (Lipinski definition) is 5.